The summed E-state index contributed by atoms with van der Waals surface area (Å²) in [5, 5.41) is 0. The first-order chi connectivity index (χ1) is 14.8. The molecule has 8 heteroatoms. The largest absolute Gasteiger partial charge is 0.364 e. The van der Waals surface area contributed by atoms with Crippen molar-refractivity contribution in [3.05, 3.63) is 82.7 Å². The highest BCUT2D eigenvalue weighted by atomic mass is 32.2. The number of fused-ring (bicyclic) bond motifs is 1. The summed E-state index contributed by atoms with van der Waals surface area (Å²) in [4.78, 5) is 29.6. The first kappa shape index (κ1) is 20.9. The Morgan fingerprint density at radius 3 is 2.29 bits per heavy atom. The first-order valence-electron chi connectivity index (χ1n) is 9.99. The fraction of sp³-hybridized carbons (Fsp3) is 0.217. The van der Waals surface area contributed by atoms with Crippen molar-refractivity contribution in [1.29, 1.82) is 0 Å². The van der Waals surface area contributed by atoms with Gasteiger partial charge in [-0.2, -0.15) is 0 Å². The molecule has 0 spiro atoms. The predicted molar refractivity (Wildman–Crippen MR) is 115 cm³/mol. The van der Waals surface area contributed by atoms with Crippen LogP contribution in [0.1, 0.15) is 44.1 Å². The van der Waals surface area contributed by atoms with Crippen LogP contribution in [0, 0.1) is 6.92 Å². The molecule has 1 aliphatic rings. The summed E-state index contributed by atoms with van der Waals surface area (Å²) < 4.78 is 26.5. The van der Waals surface area contributed by atoms with Crippen molar-refractivity contribution in [1.82, 2.24) is 9.88 Å². The quantitative estimate of drug-likeness (QED) is 0.653. The lowest BCUT2D eigenvalue weighted by Gasteiger charge is -2.21. The van der Waals surface area contributed by atoms with Crippen LogP contribution in [0.15, 0.2) is 64.4 Å². The summed E-state index contributed by atoms with van der Waals surface area (Å²) in [6.07, 6.45) is 1.66. The molecule has 1 aromatic heterocycles. The molecule has 0 fully saturated rings. The van der Waals surface area contributed by atoms with Gasteiger partial charge in [0, 0.05) is 13.1 Å². The van der Waals surface area contributed by atoms with Gasteiger partial charge in [-0.15, -0.1) is 0 Å². The molecular weight excluding hydrogens is 414 g/mol. The number of nitrogens with zero attached hydrogens (tertiary/aromatic N) is 1. The summed E-state index contributed by atoms with van der Waals surface area (Å²) in [5.41, 5.74) is 7.73. The van der Waals surface area contributed by atoms with Gasteiger partial charge in [-0.25, -0.2) is 8.42 Å². The minimum absolute atomic E-state index is 0.0299. The maximum atomic E-state index is 13.4. The zero-order chi connectivity index (χ0) is 22.2. The van der Waals surface area contributed by atoms with Crippen LogP contribution in [0.4, 0.5) is 0 Å². The van der Waals surface area contributed by atoms with Gasteiger partial charge < -0.3 is 15.6 Å². The Morgan fingerprint density at radius 2 is 1.61 bits per heavy atom. The van der Waals surface area contributed by atoms with Crippen LogP contribution in [0.2, 0.25) is 0 Å². The lowest BCUT2D eigenvalue weighted by molar-refractivity contribution is 0.0740. The Kier molecular flexibility index (Phi) is 5.41. The number of hydrogen-bond donors (Lipinski definition) is 2. The number of aromatic nitrogens is 1. The lowest BCUT2D eigenvalue weighted by atomic mass is 10.0. The third kappa shape index (κ3) is 3.74. The number of rotatable bonds is 4. The van der Waals surface area contributed by atoms with Gasteiger partial charge in [0.2, 0.25) is 9.84 Å². The van der Waals surface area contributed by atoms with Gasteiger partial charge in [0.15, 0.2) is 0 Å². The third-order valence-corrected chi connectivity index (χ3v) is 7.56. The molecule has 2 aromatic carbocycles. The Morgan fingerprint density at radius 1 is 0.968 bits per heavy atom. The van der Waals surface area contributed by atoms with Gasteiger partial charge >= 0.3 is 0 Å². The molecule has 3 aromatic rings. The predicted octanol–water partition coefficient (Wildman–Crippen LogP) is 2.84. The molecule has 4 rings (SSSR count). The topological polar surface area (TPSA) is 113 Å². The molecule has 0 atom stereocenters. The Labute approximate surface area is 180 Å². The van der Waals surface area contributed by atoms with Crippen molar-refractivity contribution in [2.75, 3.05) is 6.54 Å². The van der Waals surface area contributed by atoms with Gasteiger partial charge in [-0.3, -0.25) is 9.59 Å². The Bertz CT molecular complexity index is 1260. The van der Waals surface area contributed by atoms with E-state index in [1.54, 1.807) is 23.1 Å². The van der Waals surface area contributed by atoms with Crippen molar-refractivity contribution in [2.45, 2.75) is 36.1 Å². The van der Waals surface area contributed by atoms with Crippen LogP contribution in [0.3, 0.4) is 0 Å². The van der Waals surface area contributed by atoms with Crippen molar-refractivity contribution in [3.63, 3.8) is 0 Å². The van der Waals surface area contributed by atoms with E-state index in [1.807, 2.05) is 18.2 Å². The van der Waals surface area contributed by atoms with Crippen molar-refractivity contribution in [2.24, 2.45) is 5.73 Å². The van der Waals surface area contributed by atoms with E-state index in [0.29, 0.717) is 13.1 Å². The second kappa shape index (κ2) is 8.03. The number of aromatic amines is 1. The molecule has 0 bridgehead atoms. The summed E-state index contributed by atoms with van der Waals surface area (Å²) in [6, 6.07) is 15.7. The molecule has 3 N–H and O–H groups in total. The number of H-pyrrole nitrogens is 1. The van der Waals surface area contributed by atoms with E-state index in [9.17, 15) is 18.0 Å². The van der Waals surface area contributed by atoms with Crippen LogP contribution < -0.4 is 5.73 Å². The number of nitrogens with two attached hydrogens (primary N) is 1. The lowest BCUT2D eigenvalue weighted by Crippen LogP contribution is -2.31. The third-order valence-electron chi connectivity index (χ3n) is 5.62. The minimum atomic E-state index is -4.05. The molecule has 0 unspecified atom stereocenters. The molecule has 7 nitrogen and oxygen atoms in total. The minimum Gasteiger partial charge on any atom is -0.364 e. The number of hydrogen-bond acceptors (Lipinski definition) is 4. The zero-order valence-corrected chi connectivity index (χ0v) is 17.9. The number of amides is 2. The van der Waals surface area contributed by atoms with E-state index in [1.165, 1.54) is 24.6 Å². The summed E-state index contributed by atoms with van der Waals surface area (Å²) in [5.74, 6) is -1.29. The van der Waals surface area contributed by atoms with E-state index in [-0.39, 0.29) is 32.6 Å². The molecule has 0 saturated heterocycles. The second-order valence-corrected chi connectivity index (χ2v) is 9.50. The molecule has 0 radical (unpaired) electrons. The van der Waals surface area contributed by atoms with E-state index in [2.05, 4.69) is 11.1 Å². The van der Waals surface area contributed by atoms with Crippen LogP contribution in [-0.2, 0) is 22.8 Å². The standard InChI is InChI=1S/C23H23N3O4S/c1-15-19(23(28)26-13-7-10-16-8-5-6-9-17(16)14-26)25-20(22(24)27)21(15)31(29,30)18-11-3-2-4-12-18/h2-6,8-9,11-12,25H,7,10,13-14H2,1H3,(H2,24,27). The number of aryl methyl sites for hydroxylation is 1. The summed E-state index contributed by atoms with van der Waals surface area (Å²) >= 11 is 0. The first-order valence-corrected chi connectivity index (χ1v) is 11.5. The maximum Gasteiger partial charge on any atom is 0.270 e. The number of carbonyl (C=O) groups is 2. The fourth-order valence-corrected chi connectivity index (χ4v) is 5.73. The van der Waals surface area contributed by atoms with Gasteiger partial charge in [0.05, 0.1) is 4.90 Å². The van der Waals surface area contributed by atoms with E-state index in [4.69, 9.17) is 5.73 Å². The van der Waals surface area contributed by atoms with Crippen molar-refractivity contribution in [3.8, 4) is 0 Å². The monoisotopic (exact) mass is 437 g/mol. The van der Waals surface area contributed by atoms with E-state index >= 15 is 0 Å². The molecule has 31 heavy (non-hydrogen) atoms. The van der Waals surface area contributed by atoms with E-state index in [0.717, 1.165) is 18.4 Å². The zero-order valence-electron chi connectivity index (χ0n) is 17.1. The fourth-order valence-electron chi connectivity index (χ4n) is 4.05. The van der Waals surface area contributed by atoms with Crippen molar-refractivity contribution < 1.29 is 18.0 Å². The number of sulfone groups is 1. The Hall–Kier alpha value is -3.39. The molecule has 1 aliphatic heterocycles. The smallest absolute Gasteiger partial charge is 0.270 e. The van der Waals surface area contributed by atoms with Gasteiger partial charge in [0.1, 0.15) is 16.3 Å². The van der Waals surface area contributed by atoms with Crippen molar-refractivity contribution >= 4 is 21.7 Å². The second-order valence-electron chi connectivity index (χ2n) is 7.61. The average molecular weight is 438 g/mol. The molecular formula is C23H23N3O4S. The van der Waals surface area contributed by atoms with Gasteiger partial charge in [-0.1, -0.05) is 42.5 Å². The number of benzene rings is 2. The highest BCUT2D eigenvalue weighted by Crippen LogP contribution is 2.30. The van der Waals surface area contributed by atoms with Crippen LogP contribution in [0.25, 0.3) is 0 Å². The summed E-state index contributed by atoms with van der Waals surface area (Å²) in [7, 11) is -4.05. The van der Waals surface area contributed by atoms with E-state index < -0.39 is 15.7 Å². The maximum absolute atomic E-state index is 13.4. The van der Waals surface area contributed by atoms with Crippen LogP contribution in [-0.4, -0.2) is 36.7 Å². The number of carbonyl (C=O) groups excluding carboxylic acids is 2. The molecule has 160 valence electrons. The average Bonchev–Trinajstić information content (AvgIpc) is 2.98. The van der Waals surface area contributed by atoms with Crippen LogP contribution in [0.5, 0.6) is 0 Å². The number of primary amides is 1. The van der Waals surface area contributed by atoms with Gasteiger partial charge in [-0.05, 0) is 48.6 Å². The highest BCUT2D eigenvalue weighted by Gasteiger charge is 2.33. The number of nitrogens with one attached hydrogen (secondary N) is 1. The highest BCUT2D eigenvalue weighted by molar-refractivity contribution is 7.91. The SMILES string of the molecule is Cc1c(C(=O)N2CCCc3ccccc3C2)[nH]c(C(N)=O)c1S(=O)(=O)c1ccccc1. The molecule has 0 aliphatic carbocycles. The molecule has 2 amide bonds. The van der Waals surface area contributed by atoms with Gasteiger partial charge in [0.25, 0.3) is 11.8 Å². The summed E-state index contributed by atoms with van der Waals surface area (Å²) in [6.45, 7) is 2.47. The normalized spacial score (nSPS) is 14.0. The van der Waals surface area contributed by atoms with Crippen LogP contribution >= 0.6 is 0 Å². The Balaban J connectivity index is 1.78. The molecule has 2 heterocycles. The molecule has 0 saturated carbocycles.